The number of anilines is 1. The van der Waals surface area contributed by atoms with Gasteiger partial charge in [0.15, 0.2) is 0 Å². The third kappa shape index (κ3) is 1.29. The van der Waals surface area contributed by atoms with E-state index in [1.54, 1.807) is 0 Å². The zero-order valence-corrected chi connectivity index (χ0v) is 8.01. The highest BCUT2D eigenvalue weighted by molar-refractivity contribution is 5.80. The molecule has 0 aromatic heterocycles. The van der Waals surface area contributed by atoms with Crippen molar-refractivity contribution in [2.24, 2.45) is 10.2 Å². The standard InChI is InChI=1S/C12H9N3/c13-9-3-1-8(2-4-9)11-6-5-10-7-12(11)15-14-10/h1-7H,13H2. The van der Waals surface area contributed by atoms with Gasteiger partial charge in [0.1, 0.15) is 0 Å². The number of hydrogen-bond acceptors (Lipinski definition) is 3. The highest BCUT2D eigenvalue weighted by Crippen LogP contribution is 2.38. The minimum atomic E-state index is 0.772. The molecule has 0 fully saturated rings. The maximum atomic E-state index is 5.64. The van der Waals surface area contributed by atoms with Crippen LogP contribution in [0.4, 0.5) is 17.1 Å². The van der Waals surface area contributed by atoms with Crippen LogP contribution >= 0.6 is 0 Å². The van der Waals surface area contributed by atoms with Crippen molar-refractivity contribution in [1.29, 1.82) is 0 Å². The van der Waals surface area contributed by atoms with Gasteiger partial charge in [-0.3, -0.25) is 0 Å². The van der Waals surface area contributed by atoms with Gasteiger partial charge in [-0.15, -0.1) is 5.11 Å². The quantitative estimate of drug-likeness (QED) is 0.592. The highest BCUT2D eigenvalue weighted by Gasteiger charge is 2.09. The molecule has 1 heterocycles. The number of azo groups is 1. The maximum Gasteiger partial charge on any atom is 0.0957 e. The second-order valence-corrected chi connectivity index (χ2v) is 3.52. The molecule has 72 valence electrons. The van der Waals surface area contributed by atoms with Gasteiger partial charge in [0.05, 0.1) is 11.4 Å². The number of fused-ring (bicyclic) bond motifs is 2. The van der Waals surface area contributed by atoms with Crippen LogP contribution in [0, 0.1) is 0 Å². The van der Waals surface area contributed by atoms with E-state index in [1.807, 2.05) is 42.5 Å². The molecule has 2 bridgehead atoms. The Balaban J connectivity index is 2.15. The van der Waals surface area contributed by atoms with Crippen LogP contribution in [-0.2, 0) is 0 Å². The fourth-order valence-electron chi connectivity index (χ4n) is 1.68. The van der Waals surface area contributed by atoms with E-state index >= 15 is 0 Å². The molecule has 2 aromatic carbocycles. The molecule has 1 aliphatic rings. The SMILES string of the molecule is Nc1ccc(-c2ccc3cc2N=N3)cc1. The summed E-state index contributed by atoms with van der Waals surface area (Å²) < 4.78 is 0. The molecule has 3 heteroatoms. The molecule has 0 atom stereocenters. The van der Waals surface area contributed by atoms with Crippen molar-refractivity contribution < 1.29 is 0 Å². The lowest BCUT2D eigenvalue weighted by Crippen LogP contribution is -1.83. The van der Waals surface area contributed by atoms with E-state index in [0.717, 1.165) is 28.2 Å². The molecule has 2 aromatic rings. The maximum absolute atomic E-state index is 5.64. The summed E-state index contributed by atoms with van der Waals surface area (Å²) in [6.45, 7) is 0. The Morgan fingerprint density at radius 2 is 1.67 bits per heavy atom. The molecule has 0 spiro atoms. The molecule has 15 heavy (non-hydrogen) atoms. The van der Waals surface area contributed by atoms with Gasteiger partial charge in [-0.1, -0.05) is 12.1 Å². The molecule has 3 nitrogen and oxygen atoms in total. The van der Waals surface area contributed by atoms with Crippen molar-refractivity contribution >= 4 is 17.1 Å². The van der Waals surface area contributed by atoms with Gasteiger partial charge in [-0.05, 0) is 35.9 Å². The largest absolute Gasteiger partial charge is 0.399 e. The minimum absolute atomic E-state index is 0.772. The molecular formula is C12H9N3. The zero-order valence-electron chi connectivity index (χ0n) is 8.01. The van der Waals surface area contributed by atoms with E-state index in [9.17, 15) is 0 Å². The normalized spacial score (nSPS) is 12.0. The third-order valence-corrected chi connectivity index (χ3v) is 2.48. The summed E-state index contributed by atoms with van der Waals surface area (Å²) >= 11 is 0. The van der Waals surface area contributed by atoms with Crippen LogP contribution in [0.25, 0.3) is 11.1 Å². The lowest BCUT2D eigenvalue weighted by Gasteiger charge is -2.02. The number of nitrogen functional groups attached to an aromatic ring is 1. The molecule has 0 saturated carbocycles. The topological polar surface area (TPSA) is 50.7 Å². The Morgan fingerprint density at radius 3 is 2.47 bits per heavy atom. The van der Waals surface area contributed by atoms with E-state index in [2.05, 4.69) is 10.2 Å². The van der Waals surface area contributed by atoms with Crippen molar-refractivity contribution in [2.75, 3.05) is 5.73 Å². The average Bonchev–Trinajstić information content (AvgIpc) is 2.63. The number of nitrogens with two attached hydrogens (primary N) is 1. The second kappa shape index (κ2) is 2.92. The van der Waals surface area contributed by atoms with Gasteiger partial charge in [0.2, 0.25) is 0 Å². The number of nitrogens with zero attached hydrogens (tertiary/aromatic N) is 2. The summed E-state index contributed by atoms with van der Waals surface area (Å²) in [5, 5.41) is 8.10. The van der Waals surface area contributed by atoms with Gasteiger partial charge in [0.25, 0.3) is 0 Å². The summed E-state index contributed by atoms with van der Waals surface area (Å²) in [4.78, 5) is 0. The van der Waals surface area contributed by atoms with E-state index in [4.69, 9.17) is 5.73 Å². The average molecular weight is 195 g/mol. The van der Waals surface area contributed by atoms with Gasteiger partial charge in [-0.25, -0.2) is 0 Å². The van der Waals surface area contributed by atoms with Gasteiger partial charge in [-0.2, -0.15) is 5.11 Å². The van der Waals surface area contributed by atoms with Crippen LogP contribution in [0.5, 0.6) is 0 Å². The van der Waals surface area contributed by atoms with E-state index < -0.39 is 0 Å². The van der Waals surface area contributed by atoms with Gasteiger partial charge in [0, 0.05) is 11.3 Å². The fraction of sp³-hybridized carbons (Fsp3) is 0. The Labute approximate surface area is 87.3 Å². The van der Waals surface area contributed by atoms with Crippen molar-refractivity contribution in [3.63, 3.8) is 0 Å². The highest BCUT2D eigenvalue weighted by atomic mass is 15.1. The van der Waals surface area contributed by atoms with Crippen LogP contribution in [0.2, 0.25) is 0 Å². The Bertz CT molecular complexity index is 541. The van der Waals surface area contributed by atoms with Crippen LogP contribution < -0.4 is 5.73 Å². The molecule has 0 unspecified atom stereocenters. The first-order valence-electron chi connectivity index (χ1n) is 4.75. The van der Waals surface area contributed by atoms with Crippen LogP contribution in [-0.4, -0.2) is 0 Å². The fourth-order valence-corrected chi connectivity index (χ4v) is 1.68. The smallest absolute Gasteiger partial charge is 0.0957 e. The molecule has 0 saturated heterocycles. The number of rotatable bonds is 1. The Hall–Kier alpha value is -2.16. The van der Waals surface area contributed by atoms with Crippen LogP contribution in [0.3, 0.4) is 0 Å². The zero-order chi connectivity index (χ0) is 10.3. The number of benzene rings is 2. The lowest BCUT2D eigenvalue weighted by atomic mass is 10.0. The van der Waals surface area contributed by atoms with Crippen molar-refractivity contribution in [3.8, 4) is 11.1 Å². The monoisotopic (exact) mass is 195 g/mol. The van der Waals surface area contributed by atoms with E-state index in [-0.39, 0.29) is 0 Å². The number of hydrogen-bond donors (Lipinski definition) is 1. The lowest BCUT2D eigenvalue weighted by molar-refractivity contribution is 1.31. The predicted octanol–water partition coefficient (Wildman–Crippen LogP) is 3.66. The Kier molecular flexibility index (Phi) is 1.59. The van der Waals surface area contributed by atoms with E-state index in [1.165, 1.54) is 0 Å². The summed E-state index contributed by atoms with van der Waals surface area (Å²) in [6, 6.07) is 13.8. The first kappa shape index (κ1) is 8.17. The third-order valence-electron chi connectivity index (χ3n) is 2.48. The molecule has 0 aliphatic carbocycles. The van der Waals surface area contributed by atoms with Crippen molar-refractivity contribution in [1.82, 2.24) is 0 Å². The van der Waals surface area contributed by atoms with Gasteiger partial charge < -0.3 is 5.73 Å². The predicted molar refractivity (Wildman–Crippen MR) is 60.5 cm³/mol. The second-order valence-electron chi connectivity index (χ2n) is 3.52. The van der Waals surface area contributed by atoms with Crippen LogP contribution in [0.1, 0.15) is 0 Å². The van der Waals surface area contributed by atoms with Crippen LogP contribution in [0.15, 0.2) is 52.7 Å². The van der Waals surface area contributed by atoms with E-state index in [0.29, 0.717) is 0 Å². The first-order valence-corrected chi connectivity index (χ1v) is 4.75. The summed E-state index contributed by atoms with van der Waals surface area (Å²) in [6.07, 6.45) is 0. The van der Waals surface area contributed by atoms with Gasteiger partial charge >= 0.3 is 0 Å². The Morgan fingerprint density at radius 1 is 0.867 bits per heavy atom. The molecule has 0 radical (unpaired) electrons. The molecule has 3 rings (SSSR count). The van der Waals surface area contributed by atoms with Crippen molar-refractivity contribution in [3.05, 3.63) is 42.5 Å². The molecular weight excluding hydrogens is 186 g/mol. The summed E-state index contributed by atoms with van der Waals surface area (Å²) in [7, 11) is 0. The minimum Gasteiger partial charge on any atom is -0.399 e. The molecule has 2 N–H and O–H groups in total. The molecule has 0 amide bonds. The summed E-state index contributed by atoms with van der Waals surface area (Å²) in [5.41, 5.74) is 10.5. The summed E-state index contributed by atoms with van der Waals surface area (Å²) in [5.74, 6) is 0. The first-order chi connectivity index (χ1) is 7.33. The van der Waals surface area contributed by atoms with Crippen molar-refractivity contribution in [2.45, 2.75) is 0 Å². The molecule has 1 aliphatic heterocycles.